The lowest BCUT2D eigenvalue weighted by atomic mass is 10.1. The fraction of sp³-hybridized carbons (Fsp3) is 0.150. The van der Waals surface area contributed by atoms with Gasteiger partial charge in [-0.05, 0) is 24.1 Å². The summed E-state index contributed by atoms with van der Waals surface area (Å²) in [5.41, 5.74) is 1.85. The van der Waals surface area contributed by atoms with E-state index in [9.17, 15) is 4.79 Å². The molecule has 1 amide bonds. The van der Waals surface area contributed by atoms with Crippen LogP contribution < -0.4 is 5.32 Å². The maximum atomic E-state index is 11.9. The van der Waals surface area contributed by atoms with E-state index in [1.807, 2.05) is 60.7 Å². The maximum Gasteiger partial charge on any atom is 0.408 e. The molecule has 2 aromatic carbocycles. The number of nitrogens with one attached hydrogen (secondary N) is 1. The predicted molar refractivity (Wildman–Crippen MR) is 91.7 cm³/mol. The lowest BCUT2D eigenvalue weighted by Crippen LogP contribution is -2.33. The second-order valence-electron chi connectivity index (χ2n) is 4.92. The minimum atomic E-state index is -0.483. The van der Waals surface area contributed by atoms with E-state index in [4.69, 9.17) is 4.74 Å². The number of benzene rings is 2. The molecule has 3 heteroatoms. The SMILES string of the molecule is C=CCC(C#Cc1ccccc1)NC(=O)OCc1ccccc1. The smallest absolute Gasteiger partial charge is 0.408 e. The summed E-state index contributed by atoms with van der Waals surface area (Å²) < 4.78 is 5.20. The maximum absolute atomic E-state index is 11.9. The van der Waals surface area contributed by atoms with Crippen molar-refractivity contribution in [3.8, 4) is 11.8 Å². The molecule has 0 heterocycles. The van der Waals surface area contributed by atoms with Gasteiger partial charge in [-0.3, -0.25) is 0 Å². The van der Waals surface area contributed by atoms with Gasteiger partial charge in [0.25, 0.3) is 0 Å². The van der Waals surface area contributed by atoms with Gasteiger partial charge in [-0.1, -0.05) is 66.4 Å². The summed E-state index contributed by atoms with van der Waals surface area (Å²) in [6.07, 6.45) is 1.80. The van der Waals surface area contributed by atoms with Gasteiger partial charge in [0.1, 0.15) is 6.61 Å². The van der Waals surface area contributed by atoms with Crippen LogP contribution in [-0.4, -0.2) is 12.1 Å². The summed E-state index contributed by atoms with van der Waals surface area (Å²) in [7, 11) is 0. The van der Waals surface area contributed by atoms with E-state index in [0.717, 1.165) is 11.1 Å². The largest absolute Gasteiger partial charge is 0.445 e. The second kappa shape index (κ2) is 9.11. The molecule has 23 heavy (non-hydrogen) atoms. The lowest BCUT2D eigenvalue weighted by Gasteiger charge is -2.11. The van der Waals surface area contributed by atoms with Gasteiger partial charge in [-0.25, -0.2) is 4.79 Å². The molecule has 0 saturated heterocycles. The molecule has 1 atom stereocenters. The van der Waals surface area contributed by atoms with Gasteiger partial charge in [0.15, 0.2) is 0 Å². The zero-order valence-corrected chi connectivity index (χ0v) is 12.9. The summed E-state index contributed by atoms with van der Waals surface area (Å²) in [6.45, 7) is 3.93. The highest BCUT2D eigenvalue weighted by Crippen LogP contribution is 2.02. The molecule has 0 bridgehead atoms. The van der Waals surface area contributed by atoms with Gasteiger partial charge in [-0.15, -0.1) is 6.58 Å². The van der Waals surface area contributed by atoms with Crippen LogP contribution in [0.2, 0.25) is 0 Å². The average molecular weight is 305 g/mol. The zero-order valence-electron chi connectivity index (χ0n) is 12.9. The molecule has 0 fully saturated rings. The standard InChI is InChI=1S/C20H19NO2/c1-2-9-19(15-14-17-10-5-3-6-11-17)21-20(22)23-16-18-12-7-4-8-13-18/h2-8,10-13,19H,1,9,16H2,(H,21,22). The monoisotopic (exact) mass is 305 g/mol. The van der Waals surface area contributed by atoms with Crippen molar-refractivity contribution >= 4 is 6.09 Å². The van der Waals surface area contributed by atoms with Gasteiger partial charge in [0.2, 0.25) is 0 Å². The molecule has 0 aliphatic carbocycles. The van der Waals surface area contributed by atoms with E-state index >= 15 is 0 Å². The number of hydrogen-bond donors (Lipinski definition) is 1. The van der Waals surface area contributed by atoms with Gasteiger partial charge in [0, 0.05) is 5.56 Å². The molecule has 0 saturated carbocycles. The van der Waals surface area contributed by atoms with E-state index in [2.05, 4.69) is 23.7 Å². The summed E-state index contributed by atoms with van der Waals surface area (Å²) in [4.78, 5) is 11.9. The number of carbonyl (C=O) groups is 1. The van der Waals surface area contributed by atoms with Crippen LogP contribution in [0.1, 0.15) is 17.5 Å². The van der Waals surface area contributed by atoms with Gasteiger partial charge in [-0.2, -0.15) is 0 Å². The quantitative estimate of drug-likeness (QED) is 0.672. The highest BCUT2D eigenvalue weighted by molar-refractivity contribution is 5.68. The summed E-state index contributed by atoms with van der Waals surface area (Å²) >= 11 is 0. The van der Waals surface area contributed by atoms with Crippen LogP contribution in [0.25, 0.3) is 0 Å². The topological polar surface area (TPSA) is 38.3 Å². The van der Waals surface area contributed by atoms with Crippen LogP contribution in [0.15, 0.2) is 73.3 Å². The van der Waals surface area contributed by atoms with Crippen LogP contribution in [0.3, 0.4) is 0 Å². The summed E-state index contributed by atoms with van der Waals surface area (Å²) in [5, 5.41) is 2.75. The van der Waals surface area contributed by atoms with Crippen LogP contribution in [0.4, 0.5) is 4.79 Å². The van der Waals surface area contributed by atoms with Crippen LogP contribution in [0, 0.1) is 11.8 Å². The number of carbonyl (C=O) groups excluding carboxylic acids is 1. The molecule has 1 N–H and O–H groups in total. The van der Waals surface area contributed by atoms with E-state index in [1.54, 1.807) is 6.08 Å². The Morgan fingerprint density at radius 2 is 1.78 bits per heavy atom. The van der Waals surface area contributed by atoms with Crippen LogP contribution >= 0.6 is 0 Å². The average Bonchev–Trinajstić information content (AvgIpc) is 2.60. The first-order valence-corrected chi connectivity index (χ1v) is 7.42. The zero-order chi connectivity index (χ0) is 16.3. The minimum absolute atomic E-state index is 0.236. The van der Waals surface area contributed by atoms with Crippen molar-refractivity contribution < 1.29 is 9.53 Å². The first-order chi connectivity index (χ1) is 11.3. The third kappa shape index (κ3) is 6.11. The Kier molecular flexibility index (Phi) is 6.49. The van der Waals surface area contributed by atoms with Gasteiger partial charge < -0.3 is 10.1 Å². The van der Waals surface area contributed by atoms with Gasteiger partial charge in [0.05, 0.1) is 6.04 Å². The van der Waals surface area contributed by atoms with Crippen molar-refractivity contribution in [1.82, 2.24) is 5.32 Å². The van der Waals surface area contributed by atoms with Crippen molar-refractivity contribution in [2.45, 2.75) is 19.1 Å². The summed E-state index contributed by atoms with van der Waals surface area (Å²) in [5.74, 6) is 6.07. The highest BCUT2D eigenvalue weighted by atomic mass is 16.5. The molecular formula is C20H19NO2. The van der Waals surface area contributed by atoms with Crippen molar-refractivity contribution in [2.24, 2.45) is 0 Å². The van der Waals surface area contributed by atoms with Crippen molar-refractivity contribution in [3.63, 3.8) is 0 Å². The molecular weight excluding hydrogens is 286 g/mol. The minimum Gasteiger partial charge on any atom is -0.445 e. The molecule has 0 aliphatic rings. The molecule has 116 valence electrons. The highest BCUT2D eigenvalue weighted by Gasteiger charge is 2.09. The molecule has 0 aromatic heterocycles. The molecule has 0 aliphatic heterocycles. The van der Waals surface area contributed by atoms with E-state index < -0.39 is 6.09 Å². The van der Waals surface area contributed by atoms with Crippen molar-refractivity contribution in [2.75, 3.05) is 0 Å². The Labute approximate surface area is 137 Å². The number of alkyl carbamates (subject to hydrolysis) is 1. The third-order valence-electron chi connectivity index (χ3n) is 3.07. The Morgan fingerprint density at radius 1 is 1.13 bits per heavy atom. The lowest BCUT2D eigenvalue weighted by molar-refractivity contribution is 0.138. The van der Waals surface area contributed by atoms with Crippen LogP contribution in [-0.2, 0) is 11.3 Å². The molecule has 0 radical (unpaired) electrons. The Morgan fingerprint density at radius 3 is 2.43 bits per heavy atom. The second-order valence-corrected chi connectivity index (χ2v) is 4.92. The van der Waals surface area contributed by atoms with E-state index in [0.29, 0.717) is 6.42 Å². The fourth-order valence-electron chi connectivity index (χ4n) is 1.92. The number of hydrogen-bond acceptors (Lipinski definition) is 2. The Balaban J connectivity index is 1.90. The number of rotatable bonds is 5. The normalized spacial score (nSPS) is 10.8. The summed E-state index contributed by atoms with van der Waals surface area (Å²) in [6, 6.07) is 18.8. The molecule has 2 aromatic rings. The van der Waals surface area contributed by atoms with Gasteiger partial charge >= 0.3 is 6.09 Å². The Hall–Kier alpha value is -2.99. The number of amides is 1. The third-order valence-corrected chi connectivity index (χ3v) is 3.07. The predicted octanol–water partition coefficient (Wildman–Crippen LogP) is 3.91. The van der Waals surface area contributed by atoms with Crippen LogP contribution in [0.5, 0.6) is 0 Å². The molecule has 0 spiro atoms. The first-order valence-electron chi connectivity index (χ1n) is 7.42. The van der Waals surface area contributed by atoms with Crippen molar-refractivity contribution in [1.29, 1.82) is 0 Å². The van der Waals surface area contributed by atoms with E-state index in [1.165, 1.54) is 0 Å². The number of ether oxygens (including phenoxy) is 1. The molecule has 2 rings (SSSR count). The molecule has 3 nitrogen and oxygen atoms in total. The van der Waals surface area contributed by atoms with Crippen molar-refractivity contribution in [3.05, 3.63) is 84.4 Å². The fourth-order valence-corrected chi connectivity index (χ4v) is 1.92. The first kappa shape index (κ1) is 16.4. The Bertz CT molecular complexity index is 684. The molecule has 1 unspecified atom stereocenters. The van der Waals surface area contributed by atoms with E-state index in [-0.39, 0.29) is 12.6 Å².